The van der Waals surface area contributed by atoms with Crippen LogP contribution in [0.4, 0.5) is 15.3 Å². The van der Waals surface area contributed by atoms with Crippen LogP contribution in [0.5, 0.6) is 0 Å². The van der Waals surface area contributed by atoms with Crippen molar-refractivity contribution in [3.05, 3.63) is 65.7 Å². The summed E-state index contributed by atoms with van der Waals surface area (Å²) in [6, 6.07) is 16.7. The molecule has 3 atom stereocenters. The lowest BCUT2D eigenvalue weighted by molar-refractivity contribution is -0.129. The number of anilines is 1. The van der Waals surface area contributed by atoms with Crippen LogP contribution in [0, 0.1) is 0 Å². The minimum absolute atomic E-state index is 0.0804. The molecule has 0 aromatic heterocycles. The number of para-hydroxylation sites is 1. The van der Waals surface area contributed by atoms with Crippen LogP contribution in [0.2, 0.25) is 0 Å². The van der Waals surface area contributed by atoms with Gasteiger partial charge in [0.05, 0.1) is 6.54 Å². The molecule has 2 aromatic rings. The number of amides is 5. The fourth-order valence-corrected chi connectivity index (χ4v) is 4.94. The van der Waals surface area contributed by atoms with Gasteiger partial charge >= 0.3 is 12.1 Å². The zero-order valence-corrected chi connectivity index (χ0v) is 18.4. The van der Waals surface area contributed by atoms with Gasteiger partial charge in [0.2, 0.25) is 0 Å². The summed E-state index contributed by atoms with van der Waals surface area (Å²) in [5, 5.41) is 3.00. The van der Waals surface area contributed by atoms with E-state index in [9.17, 15) is 14.4 Å². The van der Waals surface area contributed by atoms with Crippen molar-refractivity contribution in [1.82, 2.24) is 14.7 Å². The summed E-state index contributed by atoms with van der Waals surface area (Å²) in [5.41, 5.74) is 3.01. The van der Waals surface area contributed by atoms with Gasteiger partial charge in [-0.05, 0) is 29.5 Å². The summed E-state index contributed by atoms with van der Waals surface area (Å²) in [7, 11) is 0. The average Bonchev–Trinajstić information content (AvgIpc) is 3.55. The summed E-state index contributed by atoms with van der Waals surface area (Å²) in [6.07, 6.45) is 0.804. The summed E-state index contributed by atoms with van der Waals surface area (Å²) in [5.74, 6) is 0.304. The van der Waals surface area contributed by atoms with Crippen LogP contribution in [0.15, 0.2) is 54.6 Å². The molecule has 1 saturated carbocycles. The van der Waals surface area contributed by atoms with Crippen LogP contribution in [0.25, 0.3) is 0 Å². The first-order valence-corrected chi connectivity index (χ1v) is 11.3. The van der Waals surface area contributed by atoms with Gasteiger partial charge in [-0.15, -0.1) is 0 Å². The predicted octanol–water partition coefficient (Wildman–Crippen LogP) is 3.85. The van der Waals surface area contributed by atoms with Crippen LogP contribution in [0.3, 0.4) is 0 Å². The van der Waals surface area contributed by atoms with Crippen LogP contribution < -0.4 is 5.32 Å². The summed E-state index contributed by atoms with van der Waals surface area (Å²) < 4.78 is 0. The molecule has 0 bridgehead atoms. The van der Waals surface area contributed by atoms with Gasteiger partial charge in [0.25, 0.3) is 5.91 Å². The molecule has 2 heterocycles. The molecule has 1 N–H and O–H groups in total. The number of benzene rings is 2. The predicted molar refractivity (Wildman–Crippen MR) is 121 cm³/mol. The first-order chi connectivity index (χ1) is 15.5. The maximum atomic E-state index is 13.2. The number of piperazine rings is 1. The van der Waals surface area contributed by atoms with Gasteiger partial charge in [-0.2, -0.15) is 0 Å². The SMILES string of the molecule is CC(C)c1ccccc1NC(=O)N1CCN2C(=O)N([C@H]3C[C@@H]3c3ccccc3)C(=O)C2C1. The van der Waals surface area contributed by atoms with Crippen LogP contribution >= 0.6 is 0 Å². The molecule has 166 valence electrons. The number of imide groups is 1. The third-order valence-corrected chi connectivity index (χ3v) is 6.78. The fraction of sp³-hybridized carbons (Fsp3) is 0.400. The minimum atomic E-state index is -0.598. The second-order valence-electron chi connectivity index (χ2n) is 9.14. The monoisotopic (exact) mass is 432 g/mol. The second kappa shape index (κ2) is 7.97. The second-order valence-corrected chi connectivity index (χ2v) is 9.14. The highest BCUT2D eigenvalue weighted by atomic mass is 16.2. The van der Waals surface area contributed by atoms with E-state index >= 15 is 0 Å². The third-order valence-electron chi connectivity index (χ3n) is 6.78. The lowest BCUT2D eigenvalue weighted by atomic mass is 10.0. The Morgan fingerprint density at radius 1 is 1.00 bits per heavy atom. The summed E-state index contributed by atoms with van der Waals surface area (Å²) in [6.45, 7) is 5.17. The Hall–Kier alpha value is -3.35. The van der Waals surface area contributed by atoms with Gasteiger partial charge in [0.1, 0.15) is 6.04 Å². The normalized spacial score (nSPS) is 24.7. The van der Waals surface area contributed by atoms with Crippen LogP contribution in [0.1, 0.15) is 43.2 Å². The van der Waals surface area contributed by atoms with Crippen molar-refractivity contribution >= 4 is 23.7 Å². The van der Waals surface area contributed by atoms with E-state index in [0.717, 1.165) is 23.2 Å². The number of nitrogens with one attached hydrogen (secondary N) is 1. The maximum absolute atomic E-state index is 13.2. The molecule has 7 nitrogen and oxygen atoms in total. The van der Waals surface area contributed by atoms with Crippen molar-refractivity contribution in [2.75, 3.05) is 25.0 Å². The van der Waals surface area contributed by atoms with Gasteiger partial charge in [-0.3, -0.25) is 9.69 Å². The molecule has 1 aliphatic carbocycles. The van der Waals surface area contributed by atoms with E-state index in [2.05, 4.69) is 19.2 Å². The van der Waals surface area contributed by atoms with E-state index in [1.165, 1.54) is 4.90 Å². The molecule has 3 aliphatic rings. The first kappa shape index (κ1) is 20.5. The number of hydrogen-bond acceptors (Lipinski definition) is 3. The Bertz CT molecular complexity index is 1050. The largest absolute Gasteiger partial charge is 0.327 e. The highest BCUT2D eigenvalue weighted by molar-refractivity contribution is 6.05. The molecule has 0 spiro atoms. The molecule has 5 rings (SSSR count). The van der Waals surface area contributed by atoms with Crippen LogP contribution in [-0.4, -0.2) is 64.4 Å². The lowest BCUT2D eigenvalue weighted by Crippen LogP contribution is -2.55. The van der Waals surface area contributed by atoms with Gasteiger partial charge < -0.3 is 15.1 Å². The van der Waals surface area contributed by atoms with Gasteiger partial charge in [0, 0.05) is 30.7 Å². The summed E-state index contributed by atoms with van der Waals surface area (Å²) in [4.78, 5) is 43.9. The molecule has 0 radical (unpaired) electrons. The minimum Gasteiger partial charge on any atom is -0.320 e. The molecular weight excluding hydrogens is 404 g/mol. The molecule has 2 saturated heterocycles. The van der Waals surface area contributed by atoms with Gasteiger partial charge in [0.15, 0.2) is 0 Å². The Morgan fingerprint density at radius 2 is 1.72 bits per heavy atom. The van der Waals surface area contributed by atoms with Crippen molar-refractivity contribution in [3.63, 3.8) is 0 Å². The maximum Gasteiger partial charge on any atom is 0.327 e. The Balaban J connectivity index is 1.27. The number of urea groups is 2. The average molecular weight is 433 g/mol. The Morgan fingerprint density at radius 3 is 2.47 bits per heavy atom. The molecule has 7 heteroatoms. The standard InChI is InChI=1S/C25H28N4O3/c1-16(2)18-10-6-7-11-20(18)26-24(31)27-12-13-28-22(15-27)23(30)29(25(28)32)21-14-19(21)17-8-4-3-5-9-17/h3-11,16,19,21-22H,12-15H2,1-2H3,(H,26,31)/t19-,21+,22?/m1/s1. The molecule has 1 unspecified atom stereocenters. The van der Waals surface area contributed by atoms with E-state index < -0.39 is 6.04 Å². The first-order valence-electron chi connectivity index (χ1n) is 11.3. The highest BCUT2D eigenvalue weighted by Crippen LogP contribution is 2.46. The van der Waals surface area contributed by atoms with Crippen molar-refractivity contribution in [1.29, 1.82) is 0 Å². The zero-order valence-electron chi connectivity index (χ0n) is 18.4. The zero-order chi connectivity index (χ0) is 22.4. The fourth-order valence-electron chi connectivity index (χ4n) is 4.94. The molecular formula is C25H28N4O3. The van der Waals surface area contributed by atoms with Gasteiger partial charge in [-0.1, -0.05) is 62.4 Å². The lowest BCUT2D eigenvalue weighted by Gasteiger charge is -2.35. The molecule has 5 amide bonds. The number of fused-ring (bicyclic) bond motifs is 1. The number of nitrogens with zero attached hydrogens (tertiary/aromatic N) is 3. The third kappa shape index (κ3) is 3.51. The Labute approximate surface area is 188 Å². The summed E-state index contributed by atoms with van der Waals surface area (Å²) >= 11 is 0. The van der Waals surface area contributed by atoms with Crippen molar-refractivity contribution < 1.29 is 14.4 Å². The number of hydrogen-bond donors (Lipinski definition) is 1. The van der Waals surface area contributed by atoms with E-state index in [1.807, 2.05) is 54.6 Å². The van der Waals surface area contributed by atoms with Crippen molar-refractivity contribution in [2.24, 2.45) is 0 Å². The van der Waals surface area contributed by atoms with E-state index in [1.54, 1.807) is 9.80 Å². The van der Waals surface area contributed by atoms with Crippen molar-refractivity contribution in [2.45, 2.75) is 44.2 Å². The molecule has 2 aromatic carbocycles. The molecule has 2 aliphatic heterocycles. The van der Waals surface area contributed by atoms with Crippen molar-refractivity contribution in [3.8, 4) is 0 Å². The number of carbonyl (C=O) groups is 3. The number of rotatable bonds is 4. The molecule has 32 heavy (non-hydrogen) atoms. The van der Waals surface area contributed by atoms with E-state index in [0.29, 0.717) is 13.1 Å². The molecule has 3 fully saturated rings. The quantitative estimate of drug-likeness (QED) is 0.746. The highest BCUT2D eigenvalue weighted by Gasteiger charge is 2.56. The topological polar surface area (TPSA) is 73.0 Å². The Kier molecular flexibility index (Phi) is 5.12. The van der Waals surface area contributed by atoms with E-state index in [4.69, 9.17) is 0 Å². The smallest absolute Gasteiger partial charge is 0.320 e. The van der Waals surface area contributed by atoms with Crippen LogP contribution in [-0.2, 0) is 4.79 Å². The number of carbonyl (C=O) groups excluding carboxylic acids is 3. The van der Waals surface area contributed by atoms with E-state index in [-0.39, 0.29) is 42.4 Å². The van der Waals surface area contributed by atoms with Gasteiger partial charge in [-0.25, -0.2) is 9.59 Å².